The Hall–Kier alpha value is -2.34. The second-order valence-corrected chi connectivity index (χ2v) is 5.40. The predicted octanol–water partition coefficient (Wildman–Crippen LogP) is 1.34. The van der Waals surface area contributed by atoms with Gasteiger partial charge in [-0.3, -0.25) is 4.79 Å². The summed E-state index contributed by atoms with van der Waals surface area (Å²) < 4.78 is 10.9. The van der Waals surface area contributed by atoms with Crippen molar-refractivity contribution in [3.8, 4) is 0 Å². The summed E-state index contributed by atoms with van der Waals surface area (Å²) in [4.78, 5) is 19.9. The van der Waals surface area contributed by atoms with E-state index in [9.17, 15) is 4.79 Å². The minimum Gasteiger partial charge on any atom is -0.420 e. The van der Waals surface area contributed by atoms with Crippen LogP contribution in [-0.4, -0.2) is 57.2 Å². The zero-order valence-corrected chi connectivity index (χ0v) is 12.8. The van der Waals surface area contributed by atoms with Gasteiger partial charge in [0.1, 0.15) is 0 Å². The Labute approximate surface area is 129 Å². The van der Waals surface area contributed by atoms with E-state index in [0.717, 1.165) is 11.3 Å². The van der Waals surface area contributed by atoms with Gasteiger partial charge in [-0.05, 0) is 23.8 Å². The van der Waals surface area contributed by atoms with Crippen molar-refractivity contribution in [2.24, 2.45) is 4.99 Å². The van der Waals surface area contributed by atoms with Crippen LogP contribution < -0.4 is 4.90 Å². The first-order chi connectivity index (χ1) is 10.6. The molecule has 0 bridgehead atoms. The quantitative estimate of drug-likeness (QED) is 0.772. The molecule has 0 spiro atoms. The van der Waals surface area contributed by atoms with E-state index in [4.69, 9.17) is 9.47 Å². The second kappa shape index (κ2) is 6.19. The van der Waals surface area contributed by atoms with E-state index in [1.54, 1.807) is 6.08 Å². The number of carbonyl (C=O) groups excluding carboxylic acids is 1. The molecule has 0 atom stereocenters. The Kier molecular flexibility index (Phi) is 4.11. The van der Waals surface area contributed by atoms with Gasteiger partial charge in [0.2, 0.25) is 0 Å². The molecule has 22 heavy (non-hydrogen) atoms. The molecule has 0 N–H and O–H groups in total. The fourth-order valence-corrected chi connectivity index (χ4v) is 2.31. The summed E-state index contributed by atoms with van der Waals surface area (Å²) in [6, 6.07) is 8.27. The Bertz CT molecular complexity index is 614. The molecule has 2 aliphatic rings. The van der Waals surface area contributed by atoms with Crippen molar-refractivity contribution < 1.29 is 14.3 Å². The van der Waals surface area contributed by atoms with Gasteiger partial charge >= 0.3 is 11.9 Å². The molecule has 1 saturated heterocycles. The molecule has 6 heteroatoms. The lowest BCUT2D eigenvalue weighted by molar-refractivity contribution is -0.115. The van der Waals surface area contributed by atoms with E-state index in [0.29, 0.717) is 32.3 Å². The number of aliphatic imine (C=N–C) groups is 1. The topological polar surface area (TPSA) is 54.4 Å². The Balaban J connectivity index is 1.71. The predicted molar refractivity (Wildman–Crippen MR) is 84.7 cm³/mol. The van der Waals surface area contributed by atoms with Crippen molar-refractivity contribution in [1.29, 1.82) is 0 Å². The van der Waals surface area contributed by atoms with Gasteiger partial charge < -0.3 is 19.3 Å². The molecular weight excluding hydrogens is 282 g/mol. The summed E-state index contributed by atoms with van der Waals surface area (Å²) in [6.45, 7) is 2.64. The van der Waals surface area contributed by atoms with Crippen LogP contribution in [0.15, 0.2) is 35.0 Å². The first kappa shape index (κ1) is 14.6. The van der Waals surface area contributed by atoms with E-state index < -0.39 is 0 Å². The maximum absolute atomic E-state index is 12.0. The fraction of sp³-hybridized carbons (Fsp3) is 0.375. The number of ether oxygens (including phenoxy) is 2. The van der Waals surface area contributed by atoms with Crippen molar-refractivity contribution in [2.45, 2.75) is 0 Å². The second-order valence-electron chi connectivity index (χ2n) is 5.40. The van der Waals surface area contributed by atoms with Gasteiger partial charge in [-0.15, -0.1) is 0 Å². The molecule has 0 saturated carbocycles. The fourth-order valence-electron chi connectivity index (χ4n) is 2.31. The number of amides is 1. The number of hydrogen-bond donors (Lipinski definition) is 0. The van der Waals surface area contributed by atoms with Crippen LogP contribution in [0.5, 0.6) is 0 Å². The van der Waals surface area contributed by atoms with Gasteiger partial charge in [0, 0.05) is 32.9 Å². The number of nitrogens with zero attached hydrogens (tertiary/aromatic N) is 3. The molecule has 1 aromatic rings. The van der Waals surface area contributed by atoms with E-state index in [1.165, 1.54) is 0 Å². The third kappa shape index (κ3) is 3.12. The first-order valence-electron chi connectivity index (χ1n) is 7.26. The van der Waals surface area contributed by atoms with Crippen molar-refractivity contribution in [3.05, 3.63) is 35.6 Å². The normalized spacial score (nSPS) is 20.1. The minimum absolute atomic E-state index is 0.263. The highest BCUT2D eigenvalue weighted by molar-refractivity contribution is 6.08. The number of morpholine rings is 1. The molecule has 1 aromatic carbocycles. The number of hydrogen-bond acceptors (Lipinski definition) is 5. The van der Waals surface area contributed by atoms with Crippen molar-refractivity contribution in [3.63, 3.8) is 0 Å². The number of amidine groups is 1. The van der Waals surface area contributed by atoms with Gasteiger partial charge in [-0.1, -0.05) is 12.1 Å². The van der Waals surface area contributed by atoms with Crippen LogP contribution in [-0.2, 0) is 14.3 Å². The van der Waals surface area contributed by atoms with Crippen LogP contribution in [0.4, 0.5) is 5.69 Å². The maximum Gasteiger partial charge on any atom is 0.317 e. The average molecular weight is 301 g/mol. The van der Waals surface area contributed by atoms with Crippen LogP contribution in [0.1, 0.15) is 5.56 Å². The van der Waals surface area contributed by atoms with Crippen molar-refractivity contribution in [1.82, 2.24) is 4.90 Å². The minimum atomic E-state index is -0.335. The SMILES string of the molecule is CN(C)c1ccc(/C=C2/OC(N3CCOCC3)=NC2=O)cc1. The summed E-state index contributed by atoms with van der Waals surface area (Å²) in [5.74, 6) is -0.0720. The van der Waals surface area contributed by atoms with Crippen LogP contribution in [0.3, 0.4) is 0 Å². The molecule has 0 unspecified atom stereocenters. The number of carbonyl (C=O) groups is 1. The van der Waals surface area contributed by atoms with Gasteiger partial charge in [-0.2, -0.15) is 4.99 Å². The van der Waals surface area contributed by atoms with E-state index in [2.05, 4.69) is 4.99 Å². The number of benzene rings is 1. The number of anilines is 1. The molecule has 0 radical (unpaired) electrons. The molecule has 116 valence electrons. The molecule has 3 rings (SSSR count). The van der Waals surface area contributed by atoms with Crippen molar-refractivity contribution in [2.75, 3.05) is 45.3 Å². The Morgan fingerprint density at radius 1 is 1.18 bits per heavy atom. The first-order valence-corrected chi connectivity index (χ1v) is 7.26. The highest BCUT2D eigenvalue weighted by atomic mass is 16.5. The highest BCUT2D eigenvalue weighted by Gasteiger charge is 2.28. The smallest absolute Gasteiger partial charge is 0.317 e. The molecular formula is C16H19N3O3. The van der Waals surface area contributed by atoms with E-state index in [-0.39, 0.29) is 11.7 Å². The maximum atomic E-state index is 12.0. The molecule has 0 aromatic heterocycles. The van der Waals surface area contributed by atoms with Gasteiger partial charge in [0.15, 0.2) is 5.76 Å². The molecule has 1 fully saturated rings. The summed E-state index contributed by atoms with van der Waals surface area (Å²) in [7, 11) is 3.97. The summed E-state index contributed by atoms with van der Waals surface area (Å²) in [5, 5.41) is 0. The van der Waals surface area contributed by atoms with Gasteiger partial charge in [-0.25, -0.2) is 0 Å². The van der Waals surface area contributed by atoms with Gasteiger partial charge in [0.25, 0.3) is 0 Å². The summed E-state index contributed by atoms with van der Waals surface area (Å²) in [5.41, 5.74) is 2.01. The van der Waals surface area contributed by atoms with Crippen LogP contribution in [0, 0.1) is 0 Å². The lowest BCUT2D eigenvalue weighted by atomic mass is 10.2. The standard InChI is InChI=1S/C16H19N3O3/c1-18(2)13-5-3-12(4-6-13)11-14-15(20)17-16(22-14)19-7-9-21-10-8-19/h3-6,11H,7-10H2,1-2H3/b14-11+. The Morgan fingerprint density at radius 3 is 2.50 bits per heavy atom. The van der Waals surface area contributed by atoms with Crippen LogP contribution >= 0.6 is 0 Å². The molecule has 2 heterocycles. The highest BCUT2D eigenvalue weighted by Crippen LogP contribution is 2.19. The van der Waals surface area contributed by atoms with Crippen LogP contribution in [0.2, 0.25) is 0 Å². The van der Waals surface area contributed by atoms with Crippen LogP contribution in [0.25, 0.3) is 6.08 Å². The molecule has 6 nitrogen and oxygen atoms in total. The summed E-state index contributed by atoms with van der Waals surface area (Å²) in [6.07, 6.45) is 1.72. The lowest BCUT2D eigenvalue weighted by Gasteiger charge is -2.26. The largest absolute Gasteiger partial charge is 0.420 e. The van der Waals surface area contributed by atoms with Gasteiger partial charge in [0.05, 0.1) is 13.2 Å². The van der Waals surface area contributed by atoms with Crippen molar-refractivity contribution >= 4 is 23.7 Å². The third-order valence-electron chi connectivity index (χ3n) is 3.60. The lowest BCUT2D eigenvalue weighted by Crippen LogP contribution is -2.40. The monoisotopic (exact) mass is 301 g/mol. The molecule has 2 aliphatic heterocycles. The third-order valence-corrected chi connectivity index (χ3v) is 3.60. The van der Waals surface area contributed by atoms with E-state index >= 15 is 0 Å². The molecule has 0 aliphatic carbocycles. The zero-order chi connectivity index (χ0) is 15.5. The molecule has 1 amide bonds. The van der Waals surface area contributed by atoms with E-state index in [1.807, 2.05) is 48.2 Å². The zero-order valence-electron chi connectivity index (χ0n) is 12.8. The summed E-state index contributed by atoms with van der Waals surface area (Å²) >= 11 is 0. The Morgan fingerprint density at radius 2 is 1.86 bits per heavy atom. The number of rotatable bonds is 2. The average Bonchev–Trinajstić information content (AvgIpc) is 2.90.